The van der Waals surface area contributed by atoms with Crippen LogP contribution in [0.4, 0.5) is 0 Å². The van der Waals surface area contributed by atoms with Gasteiger partial charge in [0, 0.05) is 18.3 Å². The maximum Gasteiger partial charge on any atom is 0.329 e. The Morgan fingerprint density at radius 1 is 1.67 bits per heavy atom. The zero-order valence-corrected chi connectivity index (χ0v) is 5.00. The Kier molecular flexibility index (Phi) is 1.72. The number of rotatable bonds is 3. The highest BCUT2D eigenvalue weighted by Gasteiger charge is 2.18. The predicted molar refractivity (Wildman–Crippen MR) is 32.9 cm³/mol. The molecule has 3 heteroatoms. The van der Waals surface area contributed by atoms with E-state index in [0.29, 0.717) is 6.04 Å². The van der Waals surface area contributed by atoms with E-state index in [1.54, 1.807) is 0 Å². The van der Waals surface area contributed by atoms with E-state index in [2.05, 4.69) is 5.32 Å². The number of carboxylic acid groups (broad SMARTS) is 1. The van der Waals surface area contributed by atoms with Crippen LogP contribution in [-0.2, 0) is 4.79 Å². The fourth-order valence-corrected chi connectivity index (χ4v) is 0.505. The van der Waals surface area contributed by atoms with Gasteiger partial charge in [0.2, 0.25) is 0 Å². The quantitative estimate of drug-likeness (QED) is 0.537. The lowest BCUT2D eigenvalue weighted by Gasteiger charge is -1.89. The maximum atomic E-state index is 9.87. The molecule has 0 aromatic carbocycles. The summed E-state index contributed by atoms with van der Waals surface area (Å²) >= 11 is 0. The molecule has 1 fully saturated rings. The molecule has 1 aliphatic rings. The summed E-state index contributed by atoms with van der Waals surface area (Å²) < 4.78 is 0. The third-order valence-corrected chi connectivity index (χ3v) is 1.14. The molecule has 0 aromatic rings. The van der Waals surface area contributed by atoms with Crippen molar-refractivity contribution in [2.24, 2.45) is 0 Å². The zero-order chi connectivity index (χ0) is 6.69. The van der Waals surface area contributed by atoms with Crippen LogP contribution in [0.3, 0.4) is 0 Å². The first-order chi connectivity index (χ1) is 4.29. The second-order valence-electron chi connectivity index (χ2n) is 2.11. The first-order valence-corrected chi connectivity index (χ1v) is 2.94. The van der Waals surface area contributed by atoms with Gasteiger partial charge < -0.3 is 10.4 Å². The number of hydrogen-bond acceptors (Lipinski definition) is 2. The molecule has 0 radical (unpaired) electrons. The van der Waals surface area contributed by atoms with Crippen LogP contribution in [0.25, 0.3) is 0 Å². The Labute approximate surface area is 53.4 Å². The summed E-state index contributed by atoms with van der Waals surface area (Å²) in [6.45, 7) is 0. The third kappa shape index (κ3) is 2.74. The van der Waals surface area contributed by atoms with E-state index in [9.17, 15) is 4.79 Å². The highest BCUT2D eigenvalue weighted by atomic mass is 16.4. The molecular formula is C6H9NO2. The summed E-state index contributed by atoms with van der Waals surface area (Å²) in [5.74, 6) is -0.900. The highest BCUT2D eigenvalue weighted by Crippen LogP contribution is 2.18. The summed E-state index contributed by atoms with van der Waals surface area (Å²) in [7, 11) is 0. The van der Waals surface area contributed by atoms with Crippen LogP contribution in [0.5, 0.6) is 0 Å². The lowest BCUT2D eigenvalue weighted by Crippen LogP contribution is -2.07. The van der Waals surface area contributed by atoms with Crippen LogP contribution in [0.15, 0.2) is 12.3 Å². The fourth-order valence-electron chi connectivity index (χ4n) is 0.505. The summed E-state index contributed by atoms with van der Waals surface area (Å²) in [5, 5.41) is 11.0. The van der Waals surface area contributed by atoms with E-state index in [4.69, 9.17) is 5.11 Å². The number of aliphatic carboxylic acids is 1. The minimum absolute atomic E-state index is 0.542. The van der Waals surface area contributed by atoms with E-state index in [1.807, 2.05) is 0 Å². The van der Waals surface area contributed by atoms with Crippen LogP contribution in [0, 0.1) is 0 Å². The molecule has 0 aromatic heterocycles. The van der Waals surface area contributed by atoms with Gasteiger partial charge in [-0.25, -0.2) is 4.79 Å². The Bertz CT molecular complexity index is 138. The van der Waals surface area contributed by atoms with Crippen molar-refractivity contribution in [2.45, 2.75) is 18.9 Å². The normalized spacial score (nSPS) is 18.2. The molecular weight excluding hydrogens is 118 g/mol. The van der Waals surface area contributed by atoms with Crippen LogP contribution in [0.2, 0.25) is 0 Å². The van der Waals surface area contributed by atoms with Crippen molar-refractivity contribution >= 4 is 5.97 Å². The van der Waals surface area contributed by atoms with Gasteiger partial charge in [-0.3, -0.25) is 0 Å². The predicted octanol–water partition coefficient (Wildman–Crippen LogP) is 0.337. The number of hydrogen-bond donors (Lipinski definition) is 2. The van der Waals surface area contributed by atoms with Gasteiger partial charge in [0.05, 0.1) is 0 Å². The standard InChI is InChI=1S/C6H9NO2/c8-6(9)3-4-7-5-1-2-5/h3-5,7H,1-2H2,(H,8,9). The molecule has 0 bridgehead atoms. The van der Waals surface area contributed by atoms with Crippen molar-refractivity contribution in [3.05, 3.63) is 12.3 Å². The molecule has 3 nitrogen and oxygen atoms in total. The van der Waals surface area contributed by atoms with E-state index >= 15 is 0 Å². The van der Waals surface area contributed by atoms with Crippen molar-refractivity contribution in [3.8, 4) is 0 Å². The molecule has 50 valence electrons. The van der Waals surface area contributed by atoms with Gasteiger partial charge in [0.15, 0.2) is 0 Å². The molecule has 0 unspecified atom stereocenters. The minimum Gasteiger partial charge on any atom is -0.478 e. The average molecular weight is 127 g/mol. The Morgan fingerprint density at radius 3 is 2.78 bits per heavy atom. The van der Waals surface area contributed by atoms with Gasteiger partial charge in [0.1, 0.15) is 0 Å². The van der Waals surface area contributed by atoms with Gasteiger partial charge in [0.25, 0.3) is 0 Å². The largest absolute Gasteiger partial charge is 0.478 e. The third-order valence-electron chi connectivity index (χ3n) is 1.14. The molecule has 0 saturated heterocycles. The Morgan fingerprint density at radius 2 is 2.33 bits per heavy atom. The molecule has 9 heavy (non-hydrogen) atoms. The van der Waals surface area contributed by atoms with E-state index < -0.39 is 5.97 Å². The second-order valence-corrected chi connectivity index (χ2v) is 2.11. The van der Waals surface area contributed by atoms with Crippen molar-refractivity contribution in [1.29, 1.82) is 0 Å². The van der Waals surface area contributed by atoms with Crippen LogP contribution < -0.4 is 5.32 Å². The van der Waals surface area contributed by atoms with E-state index in [0.717, 1.165) is 6.08 Å². The Hall–Kier alpha value is -0.990. The molecule has 0 atom stereocenters. The molecule has 2 N–H and O–H groups in total. The first-order valence-electron chi connectivity index (χ1n) is 2.94. The topological polar surface area (TPSA) is 49.3 Å². The Balaban J connectivity index is 2.08. The maximum absolute atomic E-state index is 9.87. The smallest absolute Gasteiger partial charge is 0.329 e. The van der Waals surface area contributed by atoms with Crippen molar-refractivity contribution in [1.82, 2.24) is 5.32 Å². The van der Waals surface area contributed by atoms with Gasteiger partial charge in [-0.1, -0.05) is 0 Å². The molecule has 1 saturated carbocycles. The highest BCUT2D eigenvalue weighted by molar-refractivity contribution is 5.79. The summed E-state index contributed by atoms with van der Waals surface area (Å²) in [6.07, 6.45) is 4.94. The fraction of sp³-hybridized carbons (Fsp3) is 0.500. The van der Waals surface area contributed by atoms with Gasteiger partial charge in [-0.15, -0.1) is 0 Å². The first kappa shape index (κ1) is 6.13. The molecule has 0 amide bonds. The van der Waals surface area contributed by atoms with Gasteiger partial charge >= 0.3 is 5.97 Å². The number of nitrogens with one attached hydrogen (secondary N) is 1. The van der Waals surface area contributed by atoms with Crippen LogP contribution in [0.1, 0.15) is 12.8 Å². The zero-order valence-electron chi connectivity index (χ0n) is 5.00. The molecule has 0 spiro atoms. The molecule has 0 aliphatic heterocycles. The second kappa shape index (κ2) is 2.53. The molecule has 1 rings (SSSR count). The number of carbonyl (C=O) groups is 1. The van der Waals surface area contributed by atoms with Gasteiger partial charge in [-0.05, 0) is 12.8 Å². The summed E-state index contributed by atoms with van der Waals surface area (Å²) in [6, 6.07) is 0.542. The summed E-state index contributed by atoms with van der Waals surface area (Å²) in [5.41, 5.74) is 0. The van der Waals surface area contributed by atoms with Crippen molar-refractivity contribution < 1.29 is 9.90 Å². The lowest BCUT2D eigenvalue weighted by atomic mass is 10.6. The number of carboxylic acids is 1. The summed E-state index contributed by atoms with van der Waals surface area (Å²) in [4.78, 5) is 9.87. The van der Waals surface area contributed by atoms with E-state index in [-0.39, 0.29) is 0 Å². The molecule has 0 heterocycles. The van der Waals surface area contributed by atoms with Crippen molar-refractivity contribution in [3.63, 3.8) is 0 Å². The van der Waals surface area contributed by atoms with Gasteiger partial charge in [-0.2, -0.15) is 0 Å². The van der Waals surface area contributed by atoms with Crippen molar-refractivity contribution in [2.75, 3.05) is 0 Å². The van der Waals surface area contributed by atoms with E-state index in [1.165, 1.54) is 19.0 Å². The van der Waals surface area contributed by atoms with Crippen LogP contribution in [-0.4, -0.2) is 17.1 Å². The average Bonchev–Trinajstić information content (AvgIpc) is 2.48. The molecule has 1 aliphatic carbocycles. The lowest BCUT2D eigenvalue weighted by molar-refractivity contribution is -0.131. The SMILES string of the molecule is O=C(O)C=CNC1CC1. The van der Waals surface area contributed by atoms with Crippen LogP contribution >= 0.6 is 0 Å². The minimum atomic E-state index is -0.900. The monoisotopic (exact) mass is 127 g/mol.